The molecule has 0 aliphatic carbocycles. The lowest BCUT2D eigenvalue weighted by Crippen LogP contribution is -1.88. The summed E-state index contributed by atoms with van der Waals surface area (Å²) in [5.41, 5.74) is 3.10. The summed E-state index contributed by atoms with van der Waals surface area (Å²) < 4.78 is 5.16. The zero-order valence-electron chi connectivity index (χ0n) is 11.4. The van der Waals surface area contributed by atoms with E-state index in [9.17, 15) is 0 Å². The molecule has 0 unspecified atom stereocenters. The molecule has 0 aliphatic rings. The first-order chi connectivity index (χ1) is 9.85. The van der Waals surface area contributed by atoms with Gasteiger partial charge in [0.1, 0.15) is 5.75 Å². The largest absolute Gasteiger partial charge is 0.497 e. The van der Waals surface area contributed by atoms with Crippen LogP contribution in [0.1, 0.15) is 0 Å². The second kappa shape index (κ2) is 7.24. The Hall–Kier alpha value is -1.85. The number of nitrogens with zero attached hydrogens (tertiary/aromatic N) is 1. The van der Waals surface area contributed by atoms with Crippen LogP contribution in [-0.4, -0.2) is 12.1 Å². The maximum Gasteiger partial charge on any atom is 0.187 e. The molecule has 0 atom stereocenters. The van der Waals surface area contributed by atoms with Crippen LogP contribution >= 0.6 is 28.3 Å². The normalized spacial score (nSPS) is 9.76. The molecule has 0 saturated heterocycles. The van der Waals surface area contributed by atoms with E-state index in [4.69, 9.17) is 4.74 Å². The number of ether oxygens (including phenoxy) is 1. The summed E-state index contributed by atoms with van der Waals surface area (Å²) in [4.78, 5) is 4.60. The molecule has 3 rings (SSSR count). The number of halogens is 1. The van der Waals surface area contributed by atoms with Gasteiger partial charge in [-0.3, -0.25) is 0 Å². The van der Waals surface area contributed by atoms with Crippen molar-refractivity contribution in [3.05, 3.63) is 60.0 Å². The van der Waals surface area contributed by atoms with Crippen LogP contribution in [0.3, 0.4) is 0 Å². The van der Waals surface area contributed by atoms with E-state index in [1.54, 1.807) is 18.4 Å². The molecule has 1 heterocycles. The highest BCUT2D eigenvalue weighted by Gasteiger charge is 2.05. The van der Waals surface area contributed by atoms with Gasteiger partial charge in [0, 0.05) is 16.6 Å². The summed E-state index contributed by atoms with van der Waals surface area (Å²) in [7, 11) is 1.67. The molecule has 0 aliphatic heterocycles. The molecular formula is C16H15BrN2OS. The van der Waals surface area contributed by atoms with Crippen molar-refractivity contribution in [2.45, 2.75) is 0 Å². The quantitative estimate of drug-likeness (QED) is 0.697. The van der Waals surface area contributed by atoms with Gasteiger partial charge in [-0.25, -0.2) is 4.98 Å². The van der Waals surface area contributed by atoms with Crippen molar-refractivity contribution in [2.24, 2.45) is 0 Å². The number of para-hydroxylation sites is 1. The summed E-state index contributed by atoms with van der Waals surface area (Å²) in [5.74, 6) is 0.853. The number of anilines is 2. The maximum absolute atomic E-state index is 5.16. The van der Waals surface area contributed by atoms with E-state index in [0.717, 1.165) is 27.8 Å². The molecule has 0 amide bonds. The van der Waals surface area contributed by atoms with Gasteiger partial charge >= 0.3 is 0 Å². The first-order valence-electron chi connectivity index (χ1n) is 6.27. The number of aromatic nitrogens is 1. The Morgan fingerprint density at radius 1 is 1.00 bits per heavy atom. The maximum atomic E-state index is 5.16. The van der Waals surface area contributed by atoms with Crippen LogP contribution in [0.15, 0.2) is 60.0 Å². The monoisotopic (exact) mass is 362 g/mol. The molecule has 0 saturated carbocycles. The predicted molar refractivity (Wildman–Crippen MR) is 94.1 cm³/mol. The number of hydrogen-bond acceptors (Lipinski definition) is 4. The van der Waals surface area contributed by atoms with Gasteiger partial charge in [-0.05, 0) is 36.4 Å². The van der Waals surface area contributed by atoms with E-state index >= 15 is 0 Å². The van der Waals surface area contributed by atoms with Gasteiger partial charge in [0.05, 0.1) is 12.8 Å². The number of methoxy groups -OCH3 is 1. The summed E-state index contributed by atoms with van der Waals surface area (Å²) in [6.07, 6.45) is 0. The van der Waals surface area contributed by atoms with Gasteiger partial charge in [-0.1, -0.05) is 18.2 Å². The highest BCUT2D eigenvalue weighted by Crippen LogP contribution is 2.28. The molecule has 21 heavy (non-hydrogen) atoms. The lowest BCUT2D eigenvalue weighted by atomic mass is 10.2. The zero-order chi connectivity index (χ0) is 13.8. The SMILES string of the molecule is Br.COc1ccc(-c2csc(Nc3ccccc3)n2)cc1. The van der Waals surface area contributed by atoms with Crippen molar-refractivity contribution in [1.82, 2.24) is 4.98 Å². The third-order valence-electron chi connectivity index (χ3n) is 2.92. The number of rotatable bonds is 4. The fourth-order valence-corrected chi connectivity index (χ4v) is 2.61. The standard InChI is InChI=1S/C16H14N2OS.BrH/c1-19-14-9-7-12(8-10-14)15-11-20-16(18-15)17-13-5-3-2-4-6-13;/h2-11H,1H3,(H,17,18);1H. The van der Waals surface area contributed by atoms with Crippen molar-refractivity contribution in [3.8, 4) is 17.0 Å². The van der Waals surface area contributed by atoms with Gasteiger partial charge < -0.3 is 10.1 Å². The molecule has 3 aromatic rings. The second-order valence-corrected chi connectivity index (χ2v) is 5.12. The van der Waals surface area contributed by atoms with Crippen LogP contribution in [0.2, 0.25) is 0 Å². The molecule has 5 heteroatoms. The molecule has 2 aromatic carbocycles. The summed E-state index contributed by atoms with van der Waals surface area (Å²) in [6.45, 7) is 0. The molecule has 1 N–H and O–H groups in total. The van der Waals surface area contributed by atoms with Crippen LogP contribution in [0, 0.1) is 0 Å². The Morgan fingerprint density at radius 2 is 1.71 bits per heavy atom. The average molecular weight is 363 g/mol. The Kier molecular flexibility index (Phi) is 5.36. The van der Waals surface area contributed by atoms with Gasteiger partial charge in [-0.15, -0.1) is 28.3 Å². The smallest absolute Gasteiger partial charge is 0.187 e. The van der Waals surface area contributed by atoms with Gasteiger partial charge in [0.25, 0.3) is 0 Å². The fourth-order valence-electron chi connectivity index (χ4n) is 1.87. The van der Waals surface area contributed by atoms with Crippen LogP contribution in [-0.2, 0) is 0 Å². The molecular weight excluding hydrogens is 348 g/mol. The summed E-state index contributed by atoms with van der Waals surface area (Å²) in [5, 5.41) is 6.24. The van der Waals surface area contributed by atoms with Crippen LogP contribution in [0.5, 0.6) is 5.75 Å². The number of hydrogen-bond donors (Lipinski definition) is 1. The van der Waals surface area contributed by atoms with Crippen LogP contribution in [0.25, 0.3) is 11.3 Å². The van der Waals surface area contributed by atoms with Crippen molar-refractivity contribution in [1.29, 1.82) is 0 Å². The Morgan fingerprint density at radius 3 is 2.38 bits per heavy atom. The molecule has 1 aromatic heterocycles. The van der Waals surface area contributed by atoms with Crippen LogP contribution in [0.4, 0.5) is 10.8 Å². The molecule has 0 bridgehead atoms. The third kappa shape index (κ3) is 3.83. The first kappa shape index (κ1) is 15.5. The van der Waals surface area contributed by atoms with E-state index < -0.39 is 0 Å². The summed E-state index contributed by atoms with van der Waals surface area (Å²) >= 11 is 1.60. The highest BCUT2D eigenvalue weighted by atomic mass is 79.9. The summed E-state index contributed by atoms with van der Waals surface area (Å²) in [6, 6.07) is 18.0. The van der Waals surface area contributed by atoms with Gasteiger partial charge in [-0.2, -0.15) is 0 Å². The lowest BCUT2D eigenvalue weighted by Gasteiger charge is -2.02. The third-order valence-corrected chi connectivity index (χ3v) is 3.67. The minimum Gasteiger partial charge on any atom is -0.497 e. The minimum absolute atomic E-state index is 0. The van der Waals surface area contributed by atoms with Crippen molar-refractivity contribution in [3.63, 3.8) is 0 Å². The first-order valence-corrected chi connectivity index (χ1v) is 7.15. The van der Waals surface area contributed by atoms with E-state index in [-0.39, 0.29) is 17.0 Å². The number of nitrogens with one attached hydrogen (secondary N) is 1. The van der Waals surface area contributed by atoms with Gasteiger partial charge in [0.15, 0.2) is 5.13 Å². The van der Waals surface area contributed by atoms with Crippen molar-refractivity contribution < 1.29 is 4.74 Å². The highest BCUT2D eigenvalue weighted by molar-refractivity contribution is 8.93. The molecule has 0 spiro atoms. The number of benzene rings is 2. The lowest BCUT2D eigenvalue weighted by molar-refractivity contribution is 0.415. The zero-order valence-corrected chi connectivity index (χ0v) is 14.0. The van der Waals surface area contributed by atoms with Crippen LogP contribution < -0.4 is 10.1 Å². The van der Waals surface area contributed by atoms with Crippen molar-refractivity contribution >= 4 is 39.1 Å². The minimum atomic E-state index is 0. The molecule has 3 nitrogen and oxygen atoms in total. The van der Waals surface area contributed by atoms with E-state index in [0.29, 0.717) is 0 Å². The van der Waals surface area contributed by atoms with Crippen molar-refractivity contribution in [2.75, 3.05) is 12.4 Å². The average Bonchev–Trinajstić information content (AvgIpc) is 2.97. The van der Waals surface area contributed by atoms with E-state index in [2.05, 4.69) is 10.3 Å². The Labute approximate surface area is 138 Å². The Bertz CT molecular complexity index is 683. The molecule has 0 radical (unpaired) electrons. The second-order valence-electron chi connectivity index (χ2n) is 4.26. The topological polar surface area (TPSA) is 34.1 Å². The molecule has 0 fully saturated rings. The number of thiazole rings is 1. The molecule has 108 valence electrons. The van der Waals surface area contributed by atoms with E-state index in [1.165, 1.54) is 0 Å². The van der Waals surface area contributed by atoms with E-state index in [1.807, 2.05) is 60.0 Å². The Balaban J connectivity index is 0.00000161. The predicted octanol–water partition coefficient (Wildman–Crippen LogP) is 5.14. The fraction of sp³-hybridized carbons (Fsp3) is 0.0625. The van der Waals surface area contributed by atoms with Gasteiger partial charge in [0.2, 0.25) is 0 Å².